The summed E-state index contributed by atoms with van der Waals surface area (Å²) in [6.45, 7) is 4.27. The monoisotopic (exact) mass is 362 g/mol. The number of rotatable bonds is 3. The lowest BCUT2D eigenvalue weighted by Gasteiger charge is -2.20. The lowest BCUT2D eigenvalue weighted by Crippen LogP contribution is -2.27. The van der Waals surface area contributed by atoms with Gasteiger partial charge >= 0.3 is 5.63 Å². The van der Waals surface area contributed by atoms with Crippen molar-refractivity contribution in [2.75, 3.05) is 18.5 Å². The Kier molecular flexibility index (Phi) is 3.91. The third kappa shape index (κ3) is 2.56. The molecule has 0 N–H and O–H groups in total. The lowest BCUT2D eigenvalue weighted by molar-refractivity contribution is -0.127. The molecular formula is C21H18N2O4. The Morgan fingerprint density at radius 2 is 1.93 bits per heavy atom. The van der Waals surface area contributed by atoms with Crippen LogP contribution in [0.4, 0.5) is 5.69 Å². The van der Waals surface area contributed by atoms with E-state index in [0.717, 1.165) is 23.0 Å². The number of fused-ring (bicyclic) bond motifs is 5. The molecule has 0 bridgehead atoms. The number of carbonyl (C=O) groups excluding carboxylic acids is 2. The van der Waals surface area contributed by atoms with Gasteiger partial charge in [-0.05, 0) is 43.0 Å². The zero-order valence-electron chi connectivity index (χ0n) is 15.3. The number of aliphatic imine (C=N–C) groups is 1. The van der Waals surface area contributed by atoms with Crippen LogP contribution >= 0.6 is 0 Å². The van der Waals surface area contributed by atoms with Gasteiger partial charge in [-0.25, -0.2) is 9.79 Å². The second kappa shape index (κ2) is 6.16. The third-order valence-electron chi connectivity index (χ3n) is 5.13. The molecule has 4 rings (SSSR count). The molecule has 1 aromatic heterocycles. The minimum atomic E-state index is -1.07. The van der Waals surface area contributed by atoms with E-state index in [9.17, 15) is 14.4 Å². The number of benzene rings is 2. The van der Waals surface area contributed by atoms with Crippen molar-refractivity contribution < 1.29 is 14.0 Å². The molecule has 0 aliphatic carbocycles. The molecule has 1 unspecified atom stereocenters. The van der Waals surface area contributed by atoms with E-state index in [-0.39, 0.29) is 11.3 Å². The predicted octanol–water partition coefficient (Wildman–Crippen LogP) is 3.03. The first-order valence-electron chi connectivity index (χ1n) is 8.75. The SMILES string of the molecule is CCN(C)c1ccc2c(ccc3c4c(c(=O)oc32)C=NC(=O)C4C(C)=O)c1. The van der Waals surface area contributed by atoms with Crippen molar-refractivity contribution in [2.45, 2.75) is 19.8 Å². The molecule has 1 aliphatic rings. The first kappa shape index (κ1) is 17.1. The highest BCUT2D eigenvalue weighted by atomic mass is 16.4. The summed E-state index contributed by atoms with van der Waals surface area (Å²) in [6, 6.07) is 9.60. The zero-order chi connectivity index (χ0) is 19.3. The van der Waals surface area contributed by atoms with Gasteiger partial charge in [0.2, 0.25) is 0 Å². The number of ketones is 1. The molecule has 2 heterocycles. The maximum atomic E-state index is 12.5. The molecule has 27 heavy (non-hydrogen) atoms. The van der Waals surface area contributed by atoms with Crippen LogP contribution in [0.3, 0.4) is 0 Å². The fraction of sp³-hybridized carbons (Fsp3) is 0.238. The van der Waals surface area contributed by atoms with Gasteiger partial charge in [0, 0.05) is 36.3 Å². The van der Waals surface area contributed by atoms with Crippen LogP contribution in [-0.4, -0.2) is 31.5 Å². The van der Waals surface area contributed by atoms with Crippen LogP contribution in [0.25, 0.3) is 21.7 Å². The van der Waals surface area contributed by atoms with Gasteiger partial charge in [0.15, 0.2) is 0 Å². The maximum Gasteiger partial charge on any atom is 0.345 e. The number of anilines is 1. The van der Waals surface area contributed by atoms with Crippen LogP contribution < -0.4 is 10.5 Å². The van der Waals surface area contributed by atoms with E-state index in [1.54, 1.807) is 6.07 Å². The molecule has 0 saturated carbocycles. The van der Waals surface area contributed by atoms with Crippen molar-refractivity contribution in [1.82, 2.24) is 0 Å². The Hall–Kier alpha value is -3.28. The molecule has 136 valence electrons. The van der Waals surface area contributed by atoms with Crippen LogP contribution in [0.5, 0.6) is 0 Å². The number of hydrogen-bond donors (Lipinski definition) is 0. The van der Waals surface area contributed by atoms with E-state index in [1.165, 1.54) is 13.1 Å². The summed E-state index contributed by atoms with van der Waals surface area (Å²) >= 11 is 0. The van der Waals surface area contributed by atoms with Crippen LogP contribution in [0.15, 0.2) is 44.5 Å². The van der Waals surface area contributed by atoms with Crippen LogP contribution in [0.2, 0.25) is 0 Å². The molecule has 0 fully saturated rings. The first-order chi connectivity index (χ1) is 12.9. The summed E-state index contributed by atoms with van der Waals surface area (Å²) in [5, 5.41) is 2.27. The van der Waals surface area contributed by atoms with Crippen LogP contribution in [-0.2, 0) is 9.59 Å². The van der Waals surface area contributed by atoms with E-state index in [4.69, 9.17) is 4.42 Å². The van der Waals surface area contributed by atoms with E-state index in [1.807, 2.05) is 31.3 Å². The lowest BCUT2D eigenvalue weighted by atomic mass is 9.86. The molecule has 0 saturated heterocycles. The largest absolute Gasteiger partial charge is 0.422 e. The van der Waals surface area contributed by atoms with Crippen molar-refractivity contribution >= 4 is 45.3 Å². The number of carbonyl (C=O) groups is 2. The van der Waals surface area contributed by atoms with Gasteiger partial charge in [-0.2, -0.15) is 0 Å². The topological polar surface area (TPSA) is 80.0 Å². The number of nitrogens with zero attached hydrogens (tertiary/aromatic N) is 2. The molecule has 3 aromatic rings. The average Bonchev–Trinajstić information content (AvgIpc) is 2.66. The molecular weight excluding hydrogens is 344 g/mol. The number of amides is 1. The standard InChI is InChI=1S/C21H18N2O4/c1-4-23(3)13-6-8-14-12(9-13)5-7-15-18-16(21(26)27-19(14)15)10-22-20(25)17(18)11(2)24/h5-10,17H,4H2,1-3H3. The number of hydrogen-bond acceptors (Lipinski definition) is 5. The van der Waals surface area contributed by atoms with E-state index in [2.05, 4.69) is 16.8 Å². The summed E-state index contributed by atoms with van der Waals surface area (Å²) < 4.78 is 5.58. The summed E-state index contributed by atoms with van der Waals surface area (Å²) in [6.07, 6.45) is 1.20. The smallest absolute Gasteiger partial charge is 0.345 e. The third-order valence-corrected chi connectivity index (χ3v) is 5.13. The number of Topliss-reactive ketones (excluding diaryl/α,β-unsaturated/α-hetero) is 1. The van der Waals surface area contributed by atoms with Gasteiger partial charge in [-0.15, -0.1) is 0 Å². The molecule has 1 aliphatic heterocycles. The summed E-state index contributed by atoms with van der Waals surface area (Å²) in [7, 11) is 2.00. The van der Waals surface area contributed by atoms with Crippen LogP contribution in [0, 0.1) is 0 Å². The summed E-state index contributed by atoms with van der Waals surface area (Å²) in [4.78, 5) is 42.7. The Labute approximate surface area is 155 Å². The Morgan fingerprint density at radius 3 is 2.63 bits per heavy atom. The zero-order valence-corrected chi connectivity index (χ0v) is 15.3. The quantitative estimate of drug-likeness (QED) is 0.406. The summed E-state index contributed by atoms with van der Waals surface area (Å²) in [5.41, 5.74) is 1.40. The van der Waals surface area contributed by atoms with E-state index >= 15 is 0 Å². The maximum absolute atomic E-state index is 12.5. The molecule has 2 aromatic carbocycles. The van der Waals surface area contributed by atoms with Crippen LogP contribution in [0.1, 0.15) is 30.9 Å². The molecule has 6 heteroatoms. The fourth-order valence-electron chi connectivity index (χ4n) is 3.57. The van der Waals surface area contributed by atoms with Gasteiger partial charge in [0.1, 0.15) is 17.3 Å². The first-order valence-corrected chi connectivity index (χ1v) is 8.75. The molecule has 1 atom stereocenters. The van der Waals surface area contributed by atoms with Crippen molar-refractivity contribution in [3.63, 3.8) is 0 Å². The van der Waals surface area contributed by atoms with Gasteiger partial charge < -0.3 is 9.32 Å². The van der Waals surface area contributed by atoms with Gasteiger partial charge in [0.05, 0.1) is 5.56 Å². The molecule has 6 nitrogen and oxygen atoms in total. The summed E-state index contributed by atoms with van der Waals surface area (Å²) in [5.74, 6) is -1.97. The highest BCUT2D eigenvalue weighted by Gasteiger charge is 2.34. The van der Waals surface area contributed by atoms with Crippen molar-refractivity contribution in [2.24, 2.45) is 4.99 Å². The van der Waals surface area contributed by atoms with Gasteiger partial charge in [-0.3, -0.25) is 9.59 Å². The molecule has 0 radical (unpaired) electrons. The van der Waals surface area contributed by atoms with Gasteiger partial charge in [-0.1, -0.05) is 12.1 Å². The highest BCUT2D eigenvalue weighted by molar-refractivity contribution is 6.17. The fourth-order valence-corrected chi connectivity index (χ4v) is 3.57. The van der Waals surface area contributed by atoms with Crippen molar-refractivity contribution in [3.05, 3.63) is 51.9 Å². The van der Waals surface area contributed by atoms with Crippen molar-refractivity contribution in [3.8, 4) is 0 Å². The average molecular weight is 362 g/mol. The molecule has 0 spiro atoms. The second-order valence-electron chi connectivity index (χ2n) is 6.72. The highest BCUT2D eigenvalue weighted by Crippen LogP contribution is 2.35. The van der Waals surface area contributed by atoms with Crippen molar-refractivity contribution in [1.29, 1.82) is 0 Å². The Bertz CT molecular complexity index is 1210. The normalized spacial score (nSPS) is 16.0. The minimum absolute atomic E-state index is 0.170. The Balaban J connectivity index is 2.08. The predicted molar refractivity (Wildman–Crippen MR) is 105 cm³/mol. The Morgan fingerprint density at radius 1 is 1.19 bits per heavy atom. The minimum Gasteiger partial charge on any atom is -0.422 e. The van der Waals surface area contributed by atoms with E-state index < -0.39 is 17.5 Å². The second-order valence-corrected chi connectivity index (χ2v) is 6.72. The van der Waals surface area contributed by atoms with Gasteiger partial charge in [0.25, 0.3) is 5.91 Å². The molecule has 1 amide bonds. The van der Waals surface area contributed by atoms with E-state index in [0.29, 0.717) is 16.5 Å².